The normalized spacial score (nSPS) is 11.1. The number of esters is 1. The Labute approximate surface area is 167 Å². The molecule has 2 aromatic carbocycles. The lowest BCUT2D eigenvalue weighted by atomic mass is 10.2. The molecule has 0 aliphatic heterocycles. The Morgan fingerprint density at radius 3 is 2.41 bits per heavy atom. The van der Waals surface area contributed by atoms with Crippen LogP contribution in [-0.2, 0) is 19.6 Å². The molecular formula is C18H19N3O7S. The summed E-state index contributed by atoms with van der Waals surface area (Å²) in [6, 6.07) is 10.9. The van der Waals surface area contributed by atoms with E-state index in [1.54, 1.807) is 19.1 Å². The van der Waals surface area contributed by atoms with E-state index in [1.165, 1.54) is 30.3 Å². The molecule has 0 aliphatic carbocycles. The summed E-state index contributed by atoms with van der Waals surface area (Å²) in [6.07, 6.45) is 0. The van der Waals surface area contributed by atoms with E-state index in [0.717, 1.165) is 23.0 Å². The first-order chi connectivity index (χ1) is 13.6. The number of hydrogen-bond donors (Lipinski definition) is 1. The van der Waals surface area contributed by atoms with E-state index < -0.39 is 40.0 Å². The second kappa shape index (κ2) is 9.26. The van der Waals surface area contributed by atoms with Gasteiger partial charge < -0.3 is 10.1 Å². The monoisotopic (exact) mass is 421 g/mol. The third-order valence-corrected chi connectivity index (χ3v) is 5.73. The summed E-state index contributed by atoms with van der Waals surface area (Å²) in [5, 5.41) is 13.2. The van der Waals surface area contributed by atoms with Crippen LogP contribution >= 0.6 is 0 Å². The van der Waals surface area contributed by atoms with E-state index >= 15 is 0 Å². The average molecular weight is 421 g/mol. The minimum absolute atomic E-state index is 0.0232. The summed E-state index contributed by atoms with van der Waals surface area (Å²) >= 11 is 0. The number of carbonyl (C=O) groups excluding carboxylic acids is 2. The van der Waals surface area contributed by atoms with Crippen LogP contribution in [-0.4, -0.2) is 49.8 Å². The molecule has 154 valence electrons. The molecule has 0 atom stereocenters. The van der Waals surface area contributed by atoms with E-state index in [-0.39, 0.29) is 16.1 Å². The van der Waals surface area contributed by atoms with Crippen molar-refractivity contribution in [2.75, 3.05) is 20.3 Å². The number of nitrogens with one attached hydrogen (secondary N) is 1. The number of sulfonamides is 1. The summed E-state index contributed by atoms with van der Waals surface area (Å²) in [4.78, 5) is 34.1. The highest BCUT2D eigenvalue weighted by molar-refractivity contribution is 7.89. The summed E-state index contributed by atoms with van der Waals surface area (Å²) in [6.45, 7) is 0.636. The molecule has 0 saturated carbocycles. The lowest BCUT2D eigenvalue weighted by Crippen LogP contribution is -2.44. The standard InChI is InChI=1S/C18H19N3O7S/c1-13-6-8-16(9-7-13)29(26,27)20(11-17(22)28-2)12-19-18(23)14-4-3-5-15(10-14)21(24)25/h3-10H,11-12H2,1-2H3,(H,19,23). The molecule has 2 rings (SSSR count). The number of nitrogens with zero attached hydrogens (tertiary/aromatic N) is 2. The minimum Gasteiger partial charge on any atom is -0.468 e. The molecule has 0 aromatic heterocycles. The third-order valence-electron chi connectivity index (χ3n) is 3.93. The van der Waals surface area contributed by atoms with Crippen molar-refractivity contribution in [3.05, 3.63) is 69.8 Å². The molecule has 29 heavy (non-hydrogen) atoms. The fourth-order valence-electron chi connectivity index (χ4n) is 2.32. The van der Waals surface area contributed by atoms with Crippen LogP contribution in [0.1, 0.15) is 15.9 Å². The van der Waals surface area contributed by atoms with Crippen LogP contribution in [0, 0.1) is 17.0 Å². The molecule has 0 bridgehead atoms. The number of amides is 1. The number of rotatable bonds is 8. The Morgan fingerprint density at radius 1 is 1.17 bits per heavy atom. The Balaban J connectivity index is 2.23. The zero-order valence-corrected chi connectivity index (χ0v) is 16.5. The Kier molecular flexibility index (Phi) is 7.02. The molecule has 1 amide bonds. The van der Waals surface area contributed by atoms with Crippen LogP contribution in [0.2, 0.25) is 0 Å². The highest BCUT2D eigenvalue weighted by atomic mass is 32.2. The lowest BCUT2D eigenvalue weighted by Gasteiger charge is -2.21. The van der Waals surface area contributed by atoms with Gasteiger partial charge >= 0.3 is 5.97 Å². The average Bonchev–Trinajstić information content (AvgIpc) is 2.70. The molecule has 0 aliphatic rings. The zero-order chi connectivity index (χ0) is 21.6. The maximum atomic E-state index is 12.9. The number of hydrogen-bond acceptors (Lipinski definition) is 7. The summed E-state index contributed by atoms with van der Waals surface area (Å²) in [7, 11) is -3.00. The maximum absolute atomic E-state index is 12.9. The SMILES string of the molecule is COC(=O)CN(CNC(=O)c1cccc([N+](=O)[O-])c1)S(=O)(=O)c1ccc(C)cc1. The molecule has 0 saturated heterocycles. The van der Waals surface area contributed by atoms with Gasteiger partial charge in [0.05, 0.1) is 23.6 Å². The van der Waals surface area contributed by atoms with Gasteiger partial charge in [0.15, 0.2) is 0 Å². The van der Waals surface area contributed by atoms with Crippen molar-refractivity contribution in [3.63, 3.8) is 0 Å². The van der Waals surface area contributed by atoms with Gasteiger partial charge in [0.1, 0.15) is 6.54 Å². The first kappa shape index (κ1) is 22.0. The Hall–Kier alpha value is -3.31. The second-order valence-corrected chi connectivity index (χ2v) is 7.91. The summed E-state index contributed by atoms with van der Waals surface area (Å²) in [5.74, 6) is -1.55. The minimum atomic E-state index is -4.11. The van der Waals surface area contributed by atoms with Crippen LogP contribution in [0.3, 0.4) is 0 Å². The molecular weight excluding hydrogens is 402 g/mol. The van der Waals surface area contributed by atoms with Crippen LogP contribution < -0.4 is 5.32 Å². The number of benzene rings is 2. The van der Waals surface area contributed by atoms with Gasteiger partial charge in [0, 0.05) is 17.7 Å². The van der Waals surface area contributed by atoms with Gasteiger partial charge in [-0.1, -0.05) is 23.8 Å². The number of aryl methyl sites for hydroxylation is 1. The fourth-order valence-corrected chi connectivity index (χ4v) is 3.60. The maximum Gasteiger partial charge on any atom is 0.321 e. The zero-order valence-electron chi connectivity index (χ0n) is 15.7. The van der Waals surface area contributed by atoms with Gasteiger partial charge in [0.2, 0.25) is 10.0 Å². The first-order valence-corrected chi connectivity index (χ1v) is 9.75. The molecule has 0 spiro atoms. The third kappa shape index (κ3) is 5.59. The van der Waals surface area contributed by atoms with E-state index in [2.05, 4.69) is 10.1 Å². The van der Waals surface area contributed by atoms with Crippen molar-refractivity contribution in [2.24, 2.45) is 0 Å². The summed E-state index contributed by atoms with van der Waals surface area (Å²) < 4.78 is 31.0. The van der Waals surface area contributed by atoms with Gasteiger partial charge in [-0.05, 0) is 25.1 Å². The summed E-state index contributed by atoms with van der Waals surface area (Å²) in [5.41, 5.74) is 0.545. The van der Waals surface area contributed by atoms with E-state index in [0.29, 0.717) is 0 Å². The highest BCUT2D eigenvalue weighted by Gasteiger charge is 2.27. The van der Waals surface area contributed by atoms with Crippen molar-refractivity contribution in [1.82, 2.24) is 9.62 Å². The van der Waals surface area contributed by atoms with Gasteiger partial charge in [0.25, 0.3) is 11.6 Å². The smallest absolute Gasteiger partial charge is 0.321 e. The Morgan fingerprint density at radius 2 is 1.83 bits per heavy atom. The fraction of sp³-hybridized carbons (Fsp3) is 0.222. The van der Waals surface area contributed by atoms with Gasteiger partial charge in [-0.3, -0.25) is 19.7 Å². The van der Waals surface area contributed by atoms with Gasteiger partial charge in [-0.25, -0.2) is 8.42 Å². The van der Waals surface area contributed by atoms with Gasteiger partial charge in [-0.2, -0.15) is 4.31 Å². The number of nitro groups is 1. The van der Waals surface area contributed by atoms with Crippen molar-refractivity contribution in [3.8, 4) is 0 Å². The van der Waals surface area contributed by atoms with Crippen molar-refractivity contribution in [1.29, 1.82) is 0 Å². The lowest BCUT2D eigenvalue weighted by molar-refractivity contribution is -0.384. The first-order valence-electron chi connectivity index (χ1n) is 8.31. The van der Waals surface area contributed by atoms with E-state index in [4.69, 9.17) is 0 Å². The predicted molar refractivity (Wildman–Crippen MR) is 103 cm³/mol. The van der Waals surface area contributed by atoms with E-state index in [1.807, 2.05) is 0 Å². The highest BCUT2D eigenvalue weighted by Crippen LogP contribution is 2.17. The molecule has 0 radical (unpaired) electrons. The topological polar surface area (TPSA) is 136 Å². The van der Waals surface area contributed by atoms with Crippen molar-refractivity contribution in [2.45, 2.75) is 11.8 Å². The van der Waals surface area contributed by atoms with Crippen LogP contribution in [0.4, 0.5) is 5.69 Å². The number of carbonyl (C=O) groups is 2. The van der Waals surface area contributed by atoms with Crippen molar-refractivity contribution >= 4 is 27.6 Å². The van der Waals surface area contributed by atoms with E-state index in [9.17, 15) is 28.1 Å². The van der Waals surface area contributed by atoms with Crippen LogP contribution in [0.5, 0.6) is 0 Å². The number of non-ortho nitro benzene ring substituents is 1. The number of ether oxygens (including phenoxy) is 1. The molecule has 10 nitrogen and oxygen atoms in total. The number of methoxy groups -OCH3 is 1. The molecule has 0 heterocycles. The Bertz CT molecular complexity index is 1020. The van der Waals surface area contributed by atoms with Crippen LogP contribution in [0.15, 0.2) is 53.4 Å². The largest absolute Gasteiger partial charge is 0.468 e. The molecule has 0 fully saturated rings. The molecule has 1 N–H and O–H groups in total. The second-order valence-electron chi connectivity index (χ2n) is 5.98. The molecule has 11 heteroatoms. The molecule has 0 unspecified atom stereocenters. The van der Waals surface area contributed by atoms with Crippen molar-refractivity contribution < 1.29 is 27.7 Å². The molecule has 2 aromatic rings. The number of nitro benzene ring substituents is 1. The van der Waals surface area contributed by atoms with Gasteiger partial charge in [-0.15, -0.1) is 0 Å². The quantitative estimate of drug-likeness (QED) is 0.295. The predicted octanol–water partition coefficient (Wildman–Crippen LogP) is 1.45. The van der Waals surface area contributed by atoms with Crippen LogP contribution in [0.25, 0.3) is 0 Å².